The second-order valence-electron chi connectivity index (χ2n) is 4.37. The number of aromatic amines is 1. The molecule has 0 radical (unpaired) electrons. The van der Waals surface area contributed by atoms with Crippen molar-refractivity contribution in [3.05, 3.63) is 35.2 Å². The fourth-order valence-corrected chi connectivity index (χ4v) is 2.00. The molecule has 0 atom stereocenters. The molecule has 2 N–H and O–H groups in total. The summed E-state index contributed by atoms with van der Waals surface area (Å²) in [5.74, 6) is 1.81. The number of hydrogen-bond donors (Lipinski definition) is 2. The lowest BCUT2D eigenvalue weighted by molar-refractivity contribution is 0.412. The fourth-order valence-electron chi connectivity index (χ4n) is 2.00. The van der Waals surface area contributed by atoms with Crippen LogP contribution < -0.4 is 10.1 Å². The maximum Gasteiger partial charge on any atom is 0.137 e. The summed E-state index contributed by atoms with van der Waals surface area (Å²) in [5.41, 5.74) is 4.35. The normalized spacial score (nSPS) is 10.7. The van der Waals surface area contributed by atoms with Gasteiger partial charge < -0.3 is 15.0 Å². The molecule has 2 rings (SSSR count). The minimum absolute atomic E-state index is 0.775. The molecule has 4 heteroatoms. The van der Waals surface area contributed by atoms with Crippen molar-refractivity contribution in [2.24, 2.45) is 0 Å². The maximum absolute atomic E-state index is 5.26. The van der Waals surface area contributed by atoms with Gasteiger partial charge in [0.05, 0.1) is 12.8 Å². The molecular weight excluding hydrogens is 226 g/mol. The van der Waals surface area contributed by atoms with E-state index in [1.165, 1.54) is 0 Å². The van der Waals surface area contributed by atoms with Crippen molar-refractivity contribution in [2.75, 3.05) is 14.2 Å². The van der Waals surface area contributed by atoms with Crippen molar-refractivity contribution >= 4 is 0 Å². The van der Waals surface area contributed by atoms with E-state index in [1.54, 1.807) is 7.11 Å². The number of benzene rings is 1. The Balaban J connectivity index is 2.36. The van der Waals surface area contributed by atoms with Crippen LogP contribution in [0.3, 0.4) is 0 Å². The van der Waals surface area contributed by atoms with Crippen LogP contribution in [0.1, 0.15) is 17.0 Å². The molecular formula is C14H19N3O. The zero-order valence-corrected chi connectivity index (χ0v) is 11.3. The number of hydrogen-bond acceptors (Lipinski definition) is 3. The van der Waals surface area contributed by atoms with E-state index < -0.39 is 0 Å². The van der Waals surface area contributed by atoms with Gasteiger partial charge in [-0.1, -0.05) is 0 Å². The number of ether oxygens (including phenoxy) is 1. The molecule has 0 bridgehead atoms. The van der Waals surface area contributed by atoms with E-state index in [2.05, 4.69) is 21.4 Å². The topological polar surface area (TPSA) is 49.9 Å². The van der Waals surface area contributed by atoms with Gasteiger partial charge in [-0.3, -0.25) is 0 Å². The van der Waals surface area contributed by atoms with E-state index in [-0.39, 0.29) is 0 Å². The monoisotopic (exact) mass is 245 g/mol. The Labute approximate surface area is 107 Å². The van der Waals surface area contributed by atoms with Gasteiger partial charge in [-0.25, -0.2) is 4.98 Å². The predicted octanol–water partition coefficient (Wildman–Crippen LogP) is 2.42. The minimum atomic E-state index is 0.775. The van der Waals surface area contributed by atoms with Gasteiger partial charge in [0.25, 0.3) is 0 Å². The van der Waals surface area contributed by atoms with Crippen LogP contribution in [-0.4, -0.2) is 24.1 Å². The van der Waals surface area contributed by atoms with Crippen LogP contribution in [0.15, 0.2) is 18.2 Å². The summed E-state index contributed by atoms with van der Waals surface area (Å²) in [6, 6.07) is 6.08. The number of aromatic nitrogens is 2. The number of rotatable bonds is 4. The Hall–Kier alpha value is -1.81. The van der Waals surface area contributed by atoms with Gasteiger partial charge in [0.2, 0.25) is 0 Å². The lowest BCUT2D eigenvalue weighted by atomic mass is 10.1. The maximum atomic E-state index is 5.26. The predicted molar refractivity (Wildman–Crippen MR) is 72.8 cm³/mol. The molecule has 0 unspecified atom stereocenters. The van der Waals surface area contributed by atoms with Crippen LogP contribution in [0, 0.1) is 13.8 Å². The Morgan fingerprint density at radius 3 is 2.72 bits per heavy atom. The summed E-state index contributed by atoms with van der Waals surface area (Å²) < 4.78 is 5.26. The van der Waals surface area contributed by atoms with Crippen molar-refractivity contribution in [2.45, 2.75) is 20.4 Å². The lowest BCUT2D eigenvalue weighted by Crippen LogP contribution is -2.06. The van der Waals surface area contributed by atoms with Crippen LogP contribution in [0.4, 0.5) is 0 Å². The summed E-state index contributed by atoms with van der Waals surface area (Å²) in [5, 5.41) is 3.12. The highest BCUT2D eigenvalue weighted by molar-refractivity contribution is 5.59. The fraction of sp³-hybridized carbons (Fsp3) is 0.357. The summed E-state index contributed by atoms with van der Waals surface area (Å²) in [4.78, 5) is 7.93. The van der Waals surface area contributed by atoms with Crippen molar-refractivity contribution < 1.29 is 4.74 Å². The highest BCUT2D eigenvalue weighted by atomic mass is 16.5. The Morgan fingerprint density at radius 2 is 2.11 bits per heavy atom. The number of nitrogens with one attached hydrogen (secondary N) is 2. The first-order valence-electron chi connectivity index (χ1n) is 6.00. The van der Waals surface area contributed by atoms with Crippen LogP contribution >= 0.6 is 0 Å². The Bertz CT molecular complexity index is 546. The second-order valence-corrected chi connectivity index (χ2v) is 4.37. The highest BCUT2D eigenvalue weighted by Gasteiger charge is 2.09. The third kappa shape index (κ3) is 2.38. The number of nitrogens with zero attached hydrogens (tertiary/aromatic N) is 1. The molecule has 96 valence electrons. The van der Waals surface area contributed by atoms with Gasteiger partial charge in [-0.05, 0) is 44.7 Å². The molecule has 18 heavy (non-hydrogen) atoms. The van der Waals surface area contributed by atoms with Crippen LogP contribution in [0.5, 0.6) is 5.75 Å². The number of imidazole rings is 1. The first kappa shape index (κ1) is 12.6. The minimum Gasteiger partial charge on any atom is -0.496 e. The number of aryl methyl sites for hydroxylation is 2. The molecule has 2 aromatic rings. The molecule has 0 aliphatic rings. The number of H-pyrrole nitrogens is 1. The highest BCUT2D eigenvalue weighted by Crippen LogP contribution is 2.25. The largest absolute Gasteiger partial charge is 0.496 e. The van der Waals surface area contributed by atoms with Gasteiger partial charge in [0, 0.05) is 17.8 Å². The van der Waals surface area contributed by atoms with E-state index in [1.807, 2.05) is 33.0 Å². The SMILES string of the molecule is CNCc1nc(-c2ccc(OC)c(C)c2)[nH]c1C. The molecule has 1 aromatic carbocycles. The third-order valence-corrected chi connectivity index (χ3v) is 3.00. The summed E-state index contributed by atoms with van der Waals surface area (Å²) in [6.07, 6.45) is 0. The van der Waals surface area contributed by atoms with Crippen LogP contribution in [-0.2, 0) is 6.54 Å². The third-order valence-electron chi connectivity index (χ3n) is 3.00. The second kappa shape index (κ2) is 5.23. The van der Waals surface area contributed by atoms with Crippen molar-refractivity contribution in [1.82, 2.24) is 15.3 Å². The Morgan fingerprint density at radius 1 is 1.33 bits per heavy atom. The molecule has 0 aliphatic carbocycles. The standard InChI is InChI=1S/C14H19N3O/c1-9-7-11(5-6-13(9)18-4)14-16-10(2)12(17-14)8-15-3/h5-7,15H,8H2,1-4H3,(H,16,17). The van der Waals surface area contributed by atoms with Gasteiger partial charge in [-0.2, -0.15) is 0 Å². The summed E-state index contributed by atoms with van der Waals surface area (Å²) in [7, 11) is 3.61. The summed E-state index contributed by atoms with van der Waals surface area (Å²) in [6.45, 7) is 4.85. The van der Waals surface area contributed by atoms with Crippen LogP contribution in [0.2, 0.25) is 0 Å². The van der Waals surface area contributed by atoms with Gasteiger partial charge in [0.1, 0.15) is 11.6 Å². The quantitative estimate of drug-likeness (QED) is 0.869. The molecule has 0 fully saturated rings. The van der Waals surface area contributed by atoms with E-state index >= 15 is 0 Å². The molecule has 1 heterocycles. The molecule has 4 nitrogen and oxygen atoms in total. The average Bonchev–Trinajstić information content (AvgIpc) is 2.71. The molecule has 0 spiro atoms. The van der Waals surface area contributed by atoms with Crippen LogP contribution in [0.25, 0.3) is 11.4 Å². The van der Waals surface area contributed by atoms with E-state index in [0.717, 1.165) is 40.6 Å². The smallest absolute Gasteiger partial charge is 0.137 e. The van der Waals surface area contributed by atoms with Crippen molar-refractivity contribution in [1.29, 1.82) is 0 Å². The van der Waals surface area contributed by atoms with Crippen molar-refractivity contribution in [3.63, 3.8) is 0 Å². The summed E-state index contributed by atoms with van der Waals surface area (Å²) >= 11 is 0. The zero-order chi connectivity index (χ0) is 13.1. The van der Waals surface area contributed by atoms with E-state index in [9.17, 15) is 0 Å². The first-order valence-corrected chi connectivity index (χ1v) is 6.00. The average molecular weight is 245 g/mol. The van der Waals surface area contributed by atoms with Gasteiger partial charge in [0.15, 0.2) is 0 Å². The zero-order valence-electron chi connectivity index (χ0n) is 11.3. The molecule has 0 amide bonds. The van der Waals surface area contributed by atoms with Crippen molar-refractivity contribution in [3.8, 4) is 17.1 Å². The van der Waals surface area contributed by atoms with E-state index in [4.69, 9.17) is 4.74 Å². The number of methoxy groups -OCH3 is 1. The molecule has 0 saturated carbocycles. The van der Waals surface area contributed by atoms with E-state index in [0.29, 0.717) is 0 Å². The Kier molecular flexibility index (Phi) is 3.67. The first-order chi connectivity index (χ1) is 8.65. The molecule has 0 saturated heterocycles. The van der Waals surface area contributed by atoms with Gasteiger partial charge in [-0.15, -0.1) is 0 Å². The molecule has 0 aliphatic heterocycles. The lowest BCUT2D eigenvalue weighted by Gasteiger charge is -2.05. The molecule has 1 aromatic heterocycles. The van der Waals surface area contributed by atoms with Gasteiger partial charge >= 0.3 is 0 Å².